The van der Waals surface area contributed by atoms with Gasteiger partial charge in [-0.15, -0.1) is 4.40 Å². The van der Waals surface area contributed by atoms with Gasteiger partial charge in [-0.05, 0) is 66.5 Å². The van der Waals surface area contributed by atoms with E-state index in [1.54, 1.807) is 17.0 Å². The number of fused-ring (bicyclic) bond motifs is 6. The number of amidine groups is 1. The van der Waals surface area contributed by atoms with Gasteiger partial charge < -0.3 is 15.3 Å². The van der Waals surface area contributed by atoms with Crippen molar-refractivity contribution in [3.05, 3.63) is 70.7 Å². The summed E-state index contributed by atoms with van der Waals surface area (Å²) in [5.41, 5.74) is 0.967. The summed E-state index contributed by atoms with van der Waals surface area (Å²) in [4.78, 5) is 15.4. The molecule has 6 rings (SSSR count). The number of anilines is 1. The minimum atomic E-state index is -4.31. The van der Waals surface area contributed by atoms with Crippen molar-refractivity contribution < 1.29 is 31.1 Å². The summed E-state index contributed by atoms with van der Waals surface area (Å²) < 4.78 is 67.1. The van der Waals surface area contributed by atoms with Gasteiger partial charge in [-0.3, -0.25) is 4.79 Å². The predicted octanol–water partition coefficient (Wildman–Crippen LogP) is 3.15. The maximum atomic E-state index is 13.9. The standard InChI is InChI=1S/C26H26FN3O6S2/c1-37(33,34)13-15-4-9-19-20(10-15)38(35,36)29-25(28-19)22-24(31)21-16-5-6-17(11-16)23(21)30(26(22)32)12-14-2-7-18(27)8-3-14/h2-4,7-10,16-17,21,23,31H,5-6,11-13H2,1H3,(H,28,29). The van der Waals surface area contributed by atoms with Crippen molar-refractivity contribution in [1.82, 2.24) is 4.90 Å². The molecule has 4 unspecified atom stereocenters. The Morgan fingerprint density at radius 1 is 1.11 bits per heavy atom. The van der Waals surface area contributed by atoms with Gasteiger partial charge in [-0.25, -0.2) is 12.8 Å². The highest BCUT2D eigenvalue weighted by atomic mass is 32.2. The normalized spacial score (nSPS) is 27.6. The van der Waals surface area contributed by atoms with Crippen LogP contribution in [0.15, 0.2) is 63.1 Å². The third-order valence-corrected chi connectivity index (χ3v) is 10.2. The van der Waals surface area contributed by atoms with Crippen LogP contribution in [-0.2, 0) is 37.0 Å². The third kappa shape index (κ3) is 4.19. The first-order chi connectivity index (χ1) is 17.9. The first-order valence-corrected chi connectivity index (χ1v) is 15.8. The highest BCUT2D eigenvalue weighted by Crippen LogP contribution is 2.55. The molecule has 2 aliphatic carbocycles. The number of sulfone groups is 1. The van der Waals surface area contributed by atoms with Crippen LogP contribution in [0.1, 0.15) is 30.4 Å². The molecule has 0 aromatic heterocycles. The van der Waals surface area contributed by atoms with Gasteiger partial charge in [-0.1, -0.05) is 18.2 Å². The molecular formula is C26H26FN3O6S2. The number of carbonyl (C=O) groups is 1. The number of nitrogens with zero attached hydrogens (tertiary/aromatic N) is 2. The molecule has 9 nitrogen and oxygen atoms in total. The van der Waals surface area contributed by atoms with Gasteiger partial charge in [0.15, 0.2) is 15.7 Å². The molecule has 2 N–H and O–H groups in total. The van der Waals surface area contributed by atoms with E-state index in [9.17, 15) is 31.1 Å². The molecule has 4 atom stereocenters. The SMILES string of the molecule is CS(=O)(=O)Cc1ccc2c(c1)S(=O)(=O)N=C(C1=C(O)C3C4CCC(C4)C3N(Cc3ccc(F)cc3)C1=O)N2. The maximum Gasteiger partial charge on any atom is 0.286 e. The van der Waals surface area contributed by atoms with Gasteiger partial charge in [0, 0.05) is 24.8 Å². The van der Waals surface area contributed by atoms with Crippen LogP contribution in [0.3, 0.4) is 0 Å². The number of benzene rings is 2. The molecule has 2 saturated carbocycles. The second kappa shape index (κ2) is 8.63. The number of aliphatic hydroxyl groups excluding tert-OH is 1. The van der Waals surface area contributed by atoms with E-state index in [0.29, 0.717) is 5.56 Å². The average Bonchev–Trinajstić information content (AvgIpc) is 3.45. The minimum Gasteiger partial charge on any atom is -0.511 e. The summed E-state index contributed by atoms with van der Waals surface area (Å²) in [6, 6.07) is 9.81. The van der Waals surface area contributed by atoms with Gasteiger partial charge in [0.25, 0.3) is 15.9 Å². The van der Waals surface area contributed by atoms with Crippen LogP contribution in [0.25, 0.3) is 0 Å². The lowest BCUT2D eigenvalue weighted by atomic mass is 9.77. The maximum absolute atomic E-state index is 13.9. The van der Waals surface area contributed by atoms with Crippen molar-refractivity contribution in [2.45, 2.75) is 42.5 Å². The third-order valence-electron chi connectivity index (χ3n) is 8.00. The Balaban J connectivity index is 1.41. The zero-order valence-corrected chi connectivity index (χ0v) is 22.1. The largest absolute Gasteiger partial charge is 0.511 e. The fourth-order valence-corrected chi connectivity index (χ4v) is 8.50. The lowest BCUT2D eigenvalue weighted by molar-refractivity contribution is -0.134. The summed E-state index contributed by atoms with van der Waals surface area (Å²) in [7, 11) is -7.70. The van der Waals surface area contributed by atoms with E-state index in [2.05, 4.69) is 9.71 Å². The average molecular weight is 560 g/mol. The molecule has 4 aliphatic rings. The Bertz CT molecular complexity index is 1630. The molecule has 1 amide bonds. The molecule has 2 bridgehead atoms. The van der Waals surface area contributed by atoms with Crippen LogP contribution in [0, 0.1) is 23.6 Å². The van der Waals surface area contributed by atoms with E-state index in [-0.39, 0.29) is 69.7 Å². The second-order valence-electron chi connectivity index (χ2n) is 10.6. The molecular weight excluding hydrogens is 533 g/mol. The Labute approximate surface area is 220 Å². The lowest BCUT2D eigenvalue weighted by Gasteiger charge is -2.44. The van der Waals surface area contributed by atoms with Crippen LogP contribution in [0.5, 0.6) is 0 Å². The first-order valence-electron chi connectivity index (χ1n) is 12.3. The molecule has 2 aliphatic heterocycles. The van der Waals surface area contributed by atoms with Gasteiger partial charge in [-0.2, -0.15) is 8.42 Å². The smallest absolute Gasteiger partial charge is 0.286 e. The van der Waals surface area contributed by atoms with E-state index in [1.165, 1.54) is 30.3 Å². The number of hydrogen-bond acceptors (Lipinski definition) is 7. The number of nitrogens with one attached hydrogen (secondary N) is 1. The summed E-state index contributed by atoms with van der Waals surface area (Å²) in [5, 5.41) is 14.3. The number of carbonyl (C=O) groups excluding carboxylic acids is 1. The quantitative estimate of drug-likeness (QED) is 0.575. The molecule has 2 aromatic rings. The molecule has 38 heavy (non-hydrogen) atoms. The molecule has 2 aromatic carbocycles. The zero-order chi connectivity index (χ0) is 27.0. The Morgan fingerprint density at radius 2 is 1.79 bits per heavy atom. The van der Waals surface area contributed by atoms with E-state index in [4.69, 9.17) is 0 Å². The van der Waals surface area contributed by atoms with E-state index < -0.39 is 25.8 Å². The zero-order valence-electron chi connectivity index (χ0n) is 20.5. The molecule has 2 heterocycles. The number of sulfonamides is 1. The molecule has 0 spiro atoms. The molecule has 200 valence electrons. The van der Waals surface area contributed by atoms with Crippen molar-refractivity contribution in [1.29, 1.82) is 0 Å². The van der Waals surface area contributed by atoms with Crippen LogP contribution >= 0.6 is 0 Å². The Hall–Kier alpha value is -3.25. The fraction of sp³-hybridized carbons (Fsp3) is 0.385. The van der Waals surface area contributed by atoms with Crippen LogP contribution in [-0.4, -0.2) is 50.9 Å². The van der Waals surface area contributed by atoms with Crippen LogP contribution in [0.2, 0.25) is 0 Å². The van der Waals surface area contributed by atoms with Crippen LogP contribution in [0.4, 0.5) is 10.1 Å². The summed E-state index contributed by atoms with van der Waals surface area (Å²) >= 11 is 0. The van der Waals surface area contributed by atoms with E-state index >= 15 is 0 Å². The first kappa shape index (κ1) is 25.1. The number of rotatable bonds is 5. The second-order valence-corrected chi connectivity index (χ2v) is 14.3. The molecule has 2 fully saturated rings. The summed E-state index contributed by atoms with van der Waals surface area (Å²) in [6.07, 6.45) is 3.77. The van der Waals surface area contributed by atoms with Gasteiger partial charge in [0.1, 0.15) is 22.0 Å². The van der Waals surface area contributed by atoms with Crippen molar-refractivity contribution >= 4 is 37.3 Å². The monoisotopic (exact) mass is 559 g/mol. The highest BCUT2D eigenvalue weighted by molar-refractivity contribution is 7.90. The van der Waals surface area contributed by atoms with Crippen molar-refractivity contribution in [2.75, 3.05) is 11.6 Å². The topological polar surface area (TPSA) is 133 Å². The van der Waals surface area contributed by atoms with E-state index in [0.717, 1.165) is 31.1 Å². The van der Waals surface area contributed by atoms with Crippen molar-refractivity contribution in [2.24, 2.45) is 22.2 Å². The van der Waals surface area contributed by atoms with Gasteiger partial charge in [0.2, 0.25) is 0 Å². The Kier molecular flexibility index (Phi) is 5.69. The number of halogens is 1. The molecule has 0 radical (unpaired) electrons. The number of aliphatic hydroxyl groups is 1. The summed E-state index contributed by atoms with van der Waals surface area (Å²) in [6.45, 7) is 0.186. The molecule has 12 heteroatoms. The van der Waals surface area contributed by atoms with Gasteiger partial charge >= 0.3 is 0 Å². The van der Waals surface area contributed by atoms with Crippen LogP contribution < -0.4 is 5.32 Å². The van der Waals surface area contributed by atoms with Crippen molar-refractivity contribution in [3.63, 3.8) is 0 Å². The number of amides is 1. The minimum absolute atomic E-state index is 0.139. The van der Waals surface area contributed by atoms with Gasteiger partial charge in [0.05, 0.1) is 11.4 Å². The number of hydrogen-bond donors (Lipinski definition) is 2. The highest BCUT2D eigenvalue weighted by Gasteiger charge is 2.57. The Morgan fingerprint density at radius 3 is 2.50 bits per heavy atom. The predicted molar refractivity (Wildman–Crippen MR) is 138 cm³/mol. The van der Waals surface area contributed by atoms with Crippen molar-refractivity contribution in [3.8, 4) is 0 Å². The summed E-state index contributed by atoms with van der Waals surface area (Å²) in [5.74, 6) is -1.64. The molecule has 0 saturated heterocycles. The fourth-order valence-electron chi connectivity index (χ4n) is 6.54. The van der Waals surface area contributed by atoms with E-state index in [1.807, 2.05) is 0 Å². The lowest BCUT2D eigenvalue weighted by Crippen LogP contribution is -2.53.